The number of urea groups is 1. The first-order valence-electron chi connectivity index (χ1n) is 7.67. The molecule has 14 nitrogen and oxygen atoms in total. The Labute approximate surface area is 147 Å². The fourth-order valence-corrected chi connectivity index (χ4v) is 3.27. The van der Waals surface area contributed by atoms with Crippen LogP contribution in [0.15, 0.2) is 0 Å². The van der Waals surface area contributed by atoms with E-state index in [-0.39, 0.29) is 13.2 Å². The predicted octanol–water partition coefficient (Wildman–Crippen LogP) is -1.97. The van der Waals surface area contributed by atoms with Crippen molar-refractivity contribution in [3.8, 4) is 0 Å². The van der Waals surface area contributed by atoms with Crippen LogP contribution in [0, 0.1) is 6.92 Å². The molecule has 2 bridgehead atoms. The molecule has 1 aromatic heterocycles. The SMILES string of the molecule is Cc1nnnn1CCONC(=O)[C@@H]1CC[C@@H]2CN1C(=O)N2OS(=O)(=O)O. The van der Waals surface area contributed by atoms with Gasteiger partial charge in [0, 0.05) is 6.54 Å². The molecule has 2 aliphatic rings. The fourth-order valence-electron chi connectivity index (χ4n) is 2.88. The van der Waals surface area contributed by atoms with Crippen molar-refractivity contribution in [2.24, 2.45) is 0 Å². The summed E-state index contributed by atoms with van der Waals surface area (Å²) in [6, 6.07) is -2.20. The number of piperidine rings is 1. The van der Waals surface area contributed by atoms with Gasteiger partial charge in [0.15, 0.2) is 0 Å². The van der Waals surface area contributed by atoms with Crippen LogP contribution >= 0.6 is 0 Å². The molecule has 3 rings (SSSR count). The summed E-state index contributed by atoms with van der Waals surface area (Å²) in [4.78, 5) is 30.7. The van der Waals surface area contributed by atoms with E-state index in [1.165, 1.54) is 9.58 Å². The number of nitrogens with zero attached hydrogens (tertiary/aromatic N) is 6. The highest BCUT2D eigenvalue weighted by Crippen LogP contribution is 2.30. The molecule has 144 valence electrons. The third-order valence-corrected chi connectivity index (χ3v) is 4.44. The van der Waals surface area contributed by atoms with Crippen molar-refractivity contribution in [2.75, 3.05) is 13.2 Å². The molecule has 2 fully saturated rings. The van der Waals surface area contributed by atoms with Gasteiger partial charge in [0.2, 0.25) is 0 Å². The molecule has 26 heavy (non-hydrogen) atoms. The molecule has 1 aromatic rings. The molecule has 0 saturated carbocycles. The summed E-state index contributed by atoms with van der Waals surface area (Å²) in [5.41, 5.74) is 2.26. The summed E-state index contributed by atoms with van der Waals surface area (Å²) in [6.07, 6.45) is 0.628. The molecule has 0 unspecified atom stereocenters. The van der Waals surface area contributed by atoms with E-state index in [0.717, 1.165) is 0 Å². The number of hydrogen-bond donors (Lipinski definition) is 2. The lowest BCUT2D eigenvalue weighted by molar-refractivity contribution is -0.139. The smallest absolute Gasteiger partial charge is 0.309 e. The minimum absolute atomic E-state index is 0.107. The normalized spacial score (nSPS) is 22.8. The maximum Gasteiger partial charge on any atom is 0.418 e. The van der Waals surface area contributed by atoms with E-state index in [2.05, 4.69) is 25.3 Å². The number of amides is 3. The molecule has 3 amide bonds. The Morgan fingerprint density at radius 1 is 1.42 bits per heavy atom. The van der Waals surface area contributed by atoms with E-state index in [0.29, 0.717) is 30.3 Å². The maximum absolute atomic E-state index is 12.2. The number of fused-ring (bicyclic) bond motifs is 2. The van der Waals surface area contributed by atoms with Crippen LogP contribution in [0.1, 0.15) is 18.7 Å². The quantitative estimate of drug-likeness (QED) is 0.302. The van der Waals surface area contributed by atoms with Gasteiger partial charge in [0.1, 0.15) is 11.9 Å². The number of carbonyl (C=O) groups is 2. The first-order chi connectivity index (χ1) is 12.3. The molecule has 15 heteroatoms. The topological polar surface area (TPSA) is 169 Å². The number of hydrogen-bond acceptors (Lipinski definition) is 9. The van der Waals surface area contributed by atoms with Crippen LogP contribution < -0.4 is 5.48 Å². The van der Waals surface area contributed by atoms with Crippen LogP contribution in [-0.4, -0.2) is 80.3 Å². The number of hydroxylamine groups is 3. The zero-order chi connectivity index (χ0) is 18.9. The molecule has 2 atom stereocenters. The Morgan fingerprint density at radius 3 is 2.85 bits per heavy atom. The molecule has 3 heterocycles. The molecule has 2 aliphatic heterocycles. The third-order valence-electron chi connectivity index (χ3n) is 4.09. The van der Waals surface area contributed by atoms with E-state index in [1.807, 2.05) is 0 Å². The van der Waals surface area contributed by atoms with Crippen LogP contribution in [0.25, 0.3) is 0 Å². The van der Waals surface area contributed by atoms with Gasteiger partial charge in [-0.05, 0) is 30.2 Å². The Hall–Kier alpha value is -2.36. The molecule has 0 aromatic carbocycles. The van der Waals surface area contributed by atoms with E-state index < -0.39 is 34.4 Å². The summed E-state index contributed by atoms with van der Waals surface area (Å²) in [5, 5.41) is 11.5. The van der Waals surface area contributed by atoms with E-state index in [9.17, 15) is 18.0 Å². The number of rotatable bonds is 7. The second kappa shape index (κ2) is 7.10. The summed E-state index contributed by atoms with van der Waals surface area (Å²) < 4.78 is 36.2. The van der Waals surface area contributed by atoms with Crippen LogP contribution in [-0.2, 0) is 30.9 Å². The summed E-state index contributed by atoms with van der Waals surface area (Å²) in [6.45, 7) is 2.26. The van der Waals surface area contributed by atoms with Gasteiger partial charge in [0.05, 0.1) is 19.2 Å². The Morgan fingerprint density at radius 2 is 2.19 bits per heavy atom. The number of aromatic nitrogens is 4. The average molecular weight is 391 g/mol. The van der Waals surface area contributed by atoms with Gasteiger partial charge in [-0.15, -0.1) is 9.38 Å². The zero-order valence-corrected chi connectivity index (χ0v) is 14.5. The van der Waals surface area contributed by atoms with Crippen molar-refractivity contribution < 1.29 is 31.7 Å². The second-order valence-electron chi connectivity index (χ2n) is 5.77. The second-order valence-corrected chi connectivity index (χ2v) is 6.78. The van der Waals surface area contributed by atoms with Crippen molar-refractivity contribution in [1.29, 1.82) is 0 Å². The largest absolute Gasteiger partial charge is 0.418 e. The fraction of sp³-hybridized carbons (Fsp3) is 0.727. The lowest BCUT2D eigenvalue weighted by atomic mass is 10.0. The molecule has 2 saturated heterocycles. The van der Waals surface area contributed by atoms with Crippen LogP contribution in [0.3, 0.4) is 0 Å². The molecule has 2 N–H and O–H groups in total. The van der Waals surface area contributed by atoms with Gasteiger partial charge in [-0.3, -0.25) is 14.2 Å². The summed E-state index contributed by atoms with van der Waals surface area (Å²) in [5.74, 6) is 0.0544. The molecular weight excluding hydrogens is 374 g/mol. The van der Waals surface area contributed by atoms with Crippen LogP contribution in [0.4, 0.5) is 4.79 Å². The highest BCUT2D eigenvalue weighted by molar-refractivity contribution is 7.80. The molecule has 0 radical (unpaired) electrons. The number of nitrogens with one attached hydrogen (secondary N) is 1. The van der Waals surface area contributed by atoms with Gasteiger partial charge in [-0.2, -0.15) is 13.5 Å². The van der Waals surface area contributed by atoms with Crippen molar-refractivity contribution >= 4 is 22.3 Å². The minimum atomic E-state index is -4.82. The first kappa shape index (κ1) is 18.4. The molecule has 0 spiro atoms. The number of tetrazole rings is 1. The zero-order valence-electron chi connectivity index (χ0n) is 13.7. The van der Waals surface area contributed by atoms with E-state index >= 15 is 0 Å². The minimum Gasteiger partial charge on any atom is -0.309 e. The predicted molar refractivity (Wildman–Crippen MR) is 80.0 cm³/mol. The van der Waals surface area contributed by atoms with Crippen molar-refractivity contribution in [2.45, 2.75) is 38.4 Å². The highest BCUT2D eigenvalue weighted by Gasteiger charge is 2.49. The van der Waals surface area contributed by atoms with Crippen molar-refractivity contribution in [1.82, 2.24) is 35.7 Å². The average Bonchev–Trinajstić information content (AvgIpc) is 3.08. The van der Waals surface area contributed by atoms with Gasteiger partial charge in [0.25, 0.3) is 5.91 Å². The lowest BCUT2D eigenvalue weighted by Crippen LogP contribution is -2.49. The maximum atomic E-state index is 12.2. The van der Waals surface area contributed by atoms with Gasteiger partial charge < -0.3 is 4.90 Å². The van der Waals surface area contributed by atoms with Gasteiger partial charge in [-0.1, -0.05) is 0 Å². The monoisotopic (exact) mass is 391 g/mol. The van der Waals surface area contributed by atoms with Gasteiger partial charge in [-0.25, -0.2) is 15.0 Å². The third kappa shape index (κ3) is 3.90. The van der Waals surface area contributed by atoms with Crippen molar-refractivity contribution in [3.63, 3.8) is 0 Å². The molecular formula is C11H17N7O7S. The van der Waals surface area contributed by atoms with E-state index in [1.54, 1.807) is 6.92 Å². The summed E-state index contributed by atoms with van der Waals surface area (Å²) >= 11 is 0. The number of aryl methyl sites for hydroxylation is 1. The van der Waals surface area contributed by atoms with Gasteiger partial charge >= 0.3 is 16.4 Å². The highest BCUT2D eigenvalue weighted by atomic mass is 32.3. The van der Waals surface area contributed by atoms with Crippen LogP contribution in [0.5, 0.6) is 0 Å². The molecule has 0 aliphatic carbocycles. The summed E-state index contributed by atoms with van der Waals surface area (Å²) in [7, 11) is -4.82. The Balaban J connectivity index is 1.51. The Bertz CT molecular complexity index is 797. The Kier molecular flexibility index (Phi) is 5.03. The van der Waals surface area contributed by atoms with E-state index in [4.69, 9.17) is 9.39 Å². The standard InChI is InChI=1S/C11H17N7O7S/c1-7-12-14-15-17(7)4-5-24-13-10(19)9-3-2-8-6-16(9)11(20)18(8)25-26(21,22)23/h8-9H,2-6H2,1H3,(H,13,19)(H,21,22,23)/t8-,9+/m1/s1. The van der Waals surface area contributed by atoms with Crippen LogP contribution in [0.2, 0.25) is 0 Å². The lowest BCUT2D eigenvalue weighted by Gasteiger charge is -2.28. The number of carbonyl (C=O) groups excluding carboxylic acids is 2. The van der Waals surface area contributed by atoms with Crippen molar-refractivity contribution in [3.05, 3.63) is 5.82 Å². The first-order valence-corrected chi connectivity index (χ1v) is 9.04.